The lowest BCUT2D eigenvalue weighted by Crippen LogP contribution is -2.48. The highest BCUT2D eigenvalue weighted by Crippen LogP contribution is 2.07. The van der Waals surface area contributed by atoms with Gasteiger partial charge in [-0.15, -0.1) is 0 Å². The van der Waals surface area contributed by atoms with Crippen molar-refractivity contribution in [1.82, 2.24) is 0 Å². The molecule has 0 aliphatic carbocycles. The smallest absolute Gasteiger partial charge is 0.418 e. The molecular weight excluding hydrogens is 380 g/mol. The van der Waals surface area contributed by atoms with Gasteiger partial charge in [-0.3, -0.25) is 0 Å². The fourth-order valence-electron chi connectivity index (χ4n) is 1.82. The first kappa shape index (κ1) is 26.1. The summed E-state index contributed by atoms with van der Waals surface area (Å²) in [7, 11) is 1.61. The van der Waals surface area contributed by atoms with Crippen LogP contribution in [0.4, 0.5) is 0 Å². The second-order valence-corrected chi connectivity index (χ2v) is 13.6. The van der Waals surface area contributed by atoms with Gasteiger partial charge in [0, 0.05) is 35.0 Å². The summed E-state index contributed by atoms with van der Waals surface area (Å²) >= 11 is 0. The van der Waals surface area contributed by atoms with Gasteiger partial charge < -0.3 is 42.1 Å². The molecule has 0 aromatic rings. The van der Waals surface area contributed by atoms with Gasteiger partial charge in [0.05, 0.1) is 32.2 Å². The average Bonchev–Trinajstić information content (AvgIpc) is 2.62. The maximum absolute atomic E-state index is 9.88. The van der Waals surface area contributed by atoms with E-state index in [-0.39, 0.29) is 26.1 Å². The zero-order chi connectivity index (χ0) is 20.1. The second kappa shape index (κ2) is 14.1. The molecule has 0 aliphatic heterocycles. The molecule has 11 heteroatoms. The summed E-state index contributed by atoms with van der Waals surface area (Å²) in [4.78, 5) is 0. The first-order valence-electron chi connectivity index (χ1n) is 8.54. The van der Waals surface area contributed by atoms with Crippen molar-refractivity contribution in [3.05, 3.63) is 0 Å². The molecule has 0 saturated heterocycles. The molecule has 26 heavy (non-hydrogen) atoms. The molecule has 9 nitrogen and oxygen atoms in total. The van der Waals surface area contributed by atoms with Gasteiger partial charge in [0.1, 0.15) is 12.3 Å². The first-order valence-corrected chi connectivity index (χ1v) is 13.6. The summed E-state index contributed by atoms with van der Waals surface area (Å²) in [5.41, 5.74) is 0. The Bertz CT molecular complexity index is 335. The molecule has 0 amide bonds. The molecule has 0 heterocycles. The second-order valence-electron chi connectivity index (χ2n) is 6.46. The van der Waals surface area contributed by atoms with E-state index in [1.54, 1.807) is 7.11 Å². The summed E-state index contributed by atoms with van der Waals surface area (Å²) in [6, 6.07) is 0. The lowest BCUT2D eigenvalue weighted by Gasteiger charge is -2.24. The van der Waals surface area contributed by atoms with E-state index in [2.05, 4.69) is 0 Å². The van der Waals surface area contributed by atoms with Crippen molar-refractivity contribution >= 4 is 17.1 Å². The van der Waals surface area contributed by atoms with Gasteiger partial charge in [0.2, 0.25) is 8.32 Å². The Kier molecular flexibility index (Phi) is 14.2. The quantitative estimate of drug-likeness (QED) is 0.249. The lowest BCUT2D eigenvalue weighted by molar-refractivity contribution is -0.0280. The van der Waals surface area contributed by atoms with Crippen LogP contribution in [0, 0.1) is 0 Å². The van der Waals surface area contributed by atoms with Gasteiger partial charge in [-0.05, 0) is 19.5 Å². The van der Waals surface area contributed by atoms with E-state index in [0.29, 0.717) is 19.3 Å². The number of hydrogen-bond donors (Lipinski definition) is 2. The van der Waals surface area contributed by atoms with E-state index in [4.69, 9.17) is 31.9 Å². The molecule has 0 fully saturated rings. The molecule has 2 N–H and O–H groups in total. The van der Waals surface area contributed by atoms with Gasteiger partial charge in [0.25, 0.3) is 0 Å². The molecule has 0 saturated carbocycles. The van der Waals surface area contributed by atoms with Crippen molar-refractivity contribution < 1.29 is 42.1 Å². The van der Waals surface area contributed by atoms with Crippen LogP contribution in [0.25, 0.3) is 0 Å². The molecule has 0 aromatic heterocycles. The molecule has 0 radical (unpaired) electrons. The molecule has 0 rings (SSSR count). The van der Waals surface area contributed by atoms with Crippen LogP contribution in [-0.4, -0.2) is 107 Å². The van der Waals surface area contributed by atoms with Crippen molar-refractivity contribution in [2.45, 2.75) is 31.7 Å². The highest BCUT2D eigenvalue weighted by Gasteiger charge is 2.38. The predicted octanol–water partition coefficient (Wildman–Crippen LogP) is -0.0439. The zero-order valence-corrected chi connectivity index (χ0v) is 18.9. The zero-order valence-electron chi connectivity index (χ0n) is 16.9. The maximum atomic E-state index is 9.88. The molecular formula is C15H36O9Si2. The maximum Gasteiger partial charge on any atom is 0.527 e. The monoisotopic (exact) mass is 416 g/mol. The van der Waals surface area contributed by atoms with Crippen LogP contribution in [0.15, 0.2) is 0 Å². The fraction of sp³-hybridized carbons (Fsp3) is 1.00. The first-order chi connectivity index (χ1) is 12.2. The lowest BCUT2D eigenvalue weighted by atomic mass is 10.3. The molecule has 2 atom stereocenters. The number of aliphatic hydroxyl groups excluding tert-OH is 2. The fourth-order valence-corrected chi connectivity index (χ4v) is 3.77. The Hall–Kier alpha value is 0.0738. The van der Waals surface area contributed by atoms with Crippen LogP contribution in [0.2, 0.25) is 13.1 Å². The summed E-state index contributed by atoms with van der Waals surface area (Å²) in [5.74, 6) is 0. The topological polar surface area (TPSA) is 105 Å². The number of rotatable bonds is 17. The summed E-state index contributed by atoms with van der Waals surface area (Å²) in [6.07, 6.45) is -0.327. The molecule has 0 bridgehead atoms. The third-order valence-corrected chi connectivity index (χ3v) is 8.17. The van der Waals surface area contributed by atoms with Crippen LogP contribution in [0.1, 0.15) is 6.42 Å². The van der Waals surface area contributed by atoms with Crippen LogP contribution >= 0.6 is 0 Å². The normalized spacial score (nSPS) is 15.2. The Labute approximate surface area is 158 Å². The van der Waals surface area contributed by atoms with E-state index in [1.165, 1.54) is 21.3 Å². The van der Waals surface area contributed by atoms with Gasteiger partial charge >= 0.3 is 8.80 Å². The van der Waals surface area contributed by atoms with Crippen LogP contribution in [-0.2, 0) is 31.9 Å². The Morgan fingerprint density at radius 2 is 1.19 bits per heavy atom. The largest absolute Gasteiger partial charge is 0.527 e. The Balaban J connectivity index is 3.74. The van der Waals surface area contributed by atoms with E-state index >= 15 is 0 Å². The standard InChI is InChI=1S/C15H36O9Si2/c1-18-25(5,6)12-23-11-15(17)10-22-8-7-14(16)9-24-13-26(19-2,20-3)21-4/h14-17H,7-13H2,1-6H3. The number of aliphatic hydroxyl groups is 2. The Morgan fingerprint density at radius 3 is 1.73 bits per heavy atom. The minimum absolute atomic E-state index is 0.122. The van der Waals surface area contributed by atoms with Crippen molar-refractivity contribution in [2.75, 3.05) is 67.3 Å². The van der Waals surface area contributed by atoms with Crippen LogP contribution in [0.3, 0.4) is 0 Å². The summed E-state index contributed by atoms with van der Waals surface area (Å²) < 4.78 is 37.2. The summed E-state index contributed by atoms with van der Waals surface area (Å²) in [5, 5.41) is 19.7. The van der Waals surface area contributed by atoms with Gasteiger partial charge in [0.15, 0.2) is 0 Å². The molecule has 0 aromatic carbocycles. The molecule has 158 valence electrons. The van der Waals surface area contributed by atoms with Crippen molar-refractivity contribution in [3.8, 4) is 0 Å². The molecule has 2 unspecified atom stereocenters. The third kappa shape index (κ3) is 11.7. The number of ether oxygens (including phenoxy) is 3. The van der Waals surface area contributed by atoms with Crippen LogP contribution in [0.5, 0.6) is 0 Å². The van der Waals surface area contributed by atoms with Gasteiger partial charge in [-0.1, -0.05) is 0 Å². The number of hydrogen-bond acceptors (Lipinski definition) is 9. The van der Waals surface area contributed by atoms with Gasteiger partial charge in [-0.25, -0.2) is 0 Å². The van der Waals surface area contributed by atoms with E-state index in [9.17, 15) is 10.2 Å². The SMILES string of the molecule is CO[Si](C)(C)COCC(O)COCCC(O)COC[Si](OC)(OC)OC. The summed E-state index contributed by atoms with van der Waals surface area (Å²) in [6.45, 7) is 4.85. The van der Waals surface area contributed by atoms with Crippen LogP contribution < -0.4 is 0 Å². The van der Waals surface area contributed by atoms with Crippen molar-refractivity contribution in [3.63, 3.8) is 0 Å². The van der Waals surface area contributed by atoms with E-state index < -0.39 is 29.3 Å². The third-order valence-electron chi connectivity index (χ3n) is 3.74. The molecule has 0 aliphatic rings. The Morgan fingerprint density at radius 1 is 0.692 bits per heavy atom. The highest BCUT2D eigenvalue weighted by molar-refractivity contribution is 6.71. The van der Waals surface area contributed by atoms with Crippen molar-refractivity contribution in [2.24, 2.45) is 0 Å². The van der Waals surface area contributed by atoms with Crippen molar-refractivity contribution in [1.29, 1.82) is 0 Å². The predicted molar refractivity (Wildman–Crippen MR) is 100 cm³/mol. The average molecular weight is 417 g/mol. The van der Waals surface area contributed by atoms with Gasteiger partial charge in [-0.2, -0.15) is 0 Å². The highest BCUT2D eigenvalue weighted by atomic mass is 28.4. The molecule has 0 spiro atoms. The minimum atomic E-state index is -2.78. The van der Waals surface area contributed by atoms with E-state index in [1.807, 2.05) is 13.1 Å². The minimum Gasteiger partial charge on any atom is -0.418 e. The van der Waals surface area contributed by atoms with E-state index in [0.717, 1.165) is 0 Å².